The Bertz CT molecular complexity index is 717. The van der Waals surface area contributed by atoms with Crippen LogP contribution in [0.1, 0.15) is 17.3 Å². The number of para-hydroxylation sites is 1. The Morgan fingerprint density at radius 1 is 1.05 bits per heavy atom. The first-order valence-electron chi connectivity index (χ1n) is 6.56. The zero-order chi connectivity index (χ0) is 16.1. The molecule has 2 aromatic rings. The molecule has 0 saturated carbocycles. The van der Waals surface area contributed by atoms with E-state index in [0.29, 0.717) is 11.3 Å². The Balaban J connectivity index is 1.98. The summed E-state index contributed by atoms with van der Waals surface area (Å²) in [7, 11) is 0. The van der Waals surface area contributed by atoms with Crippen molar-refractivity contribution in [1.82, 2.24) is 0 Å². The number of carbonyl (C=O) groups excluding carboxylic acids is 2. The monoisotopic (exact) mass is 304 g/mol. The second kappa shape index (κ2) is 6.80. The van der Waals surface area contributed by atoms with Crippen molar-refractivity contribution < 1.29 is 18.4 Å². The topological polar surface area (TPSA) is 58.2 Å². The molecule has 0 bridgehead atoms. The maximum Gasteiger partial charge on any atom is 0.243 e. The van der Waals surface area contributed by atoms with Crippen LogP contribution < -0.4 is 10.6 Å². The highest BCUT2D eigenvalue weighted by atomic mass is 19.2. The number of ketones is 1. The van der Waals surface area contributed by atoms with Gasteiger partial charge in [-0.3, -0.25) is 9.59 Å². The maximum atomic E-state index is 13.0. The average Bonchev–Trinajstić information content (AvgIpc) is 2.49. The third kappa shape index (κ3) is 3.88. The van der Waals surface area contributed by atoms with E-state index in [4.69, 9.17) is 0 Å². The van der Waals surface area contributed by atoms with Gasteiger partial charge in [-0.2, -0.15) is 0 Å². The number of amides is 1. The van der Waals surface area contributed by atoms with Crippen LogP contribution in [0.2, 0.25) is 0 Å². The lowest BCUT2D eigenvalue weighted by Gasteiger charge is -2.10. The Morgan fingerprint density at radius 3 is 2.45 bits per heavy atom. The van der Waals surface area contributed by atoms with Crippen LogP contribution in [-0.4, -0.2) is 18.2 Å². The molecule has 0 saturated heterocycles. The molecule has 0 aliphatic carbocycles. The standard InChI is InChI=1S/C16H14F2N2O2/c1-10(21)12-4-2-3-5-15(12)19-9-16(22)20-11-6-7-13(17)14(18)8-11/h2-8,19H,9H2,1H3,(H,20,22). The van der Waals surface area contributed by atoms with Gasteiger partial charge in [0.15, 0.2) is 17.4 Å². The van der Waals surface area contributed by atoms with Gasteiger partial charge in [0.05, 0.1) is 6.54 Å². The number of hydrogen-bond donors (Lipinski definition) is 2. The van der Waals surface area contributed by atoms with Crippen LogP contribution in [0.15, 0.2) is 42.5 Å². The molecule has 0 aliphatic heterocycles. The molecule has 0 aromatic heterocycles. The first-order chi connectivity index (χ1) is 10.5. The van der Waals surface area contributed by atoms with Crippen molar-refractivity contribution >= 4 is 23.1 Å². The molecule has 22 heavy (non-hydrogen) atoms. The third-order valence-electron chi connectivity index (χ3n) is 2.95. The molecule has 4 nitrogen and oxygen atoms in total. The second-order valence-corrected chi connectivity index (χ2v) is 4.63. The molecule has 0 fully saturated rings. The number of rotatable bonds is 5. The number of anilines is 2. The number of halogens is 2. The minimum absolute atomic E-state index is 0.108. The minimum Gasteiger partial charge on any atom is -0.376 e. The fourth-order valence-corrected chi connectivity index (χ4v) is 1.90. The van der Waals surface area contributed by atoms with Gasteiger partial charge in [0.1, 0.15) is 0 Å². The van der Waals surface area contributed by atoms with Crippen LogP contribution in [0, 0.1) is 11.6 Å². The average molecular weight is 304 g/mol. The molecule has 2 rings (SSSR count). The summed E-state index contributed by atoms with van der Waals surface area (Å²) < 4.78 is 25.8. The summed E-state index contributed by atoms with van der Waals surface area (Å²) in [5.74, 6) is -2.58. The molecule has 2 N–H and O–H groups in total. The van der Waals surface area contributed by atoms with Gasteiger partial charge in [0, 0.05) is 23.0 Å². The quantitative estimate of drug-likeness (QED) is 0.834. The summed E-state index contributed by atoms with van der Waals surface area (Å²) in [6.45, 7) is 1.32. The van der Waals surface area contributed by atoms with E-state index in [1.54, 1.807) is 24.3 Å². The first-order valence-corrected chi connectivity index (χ1v) is 6.56. The van der Waals surface area contributed by atoms with Crippen LogP contribution >= 0.6 is 0 Å². The van der Waals surface area contributed by atoms with E-state index in [9.17, 15) is 18.4 Å². The number of hydrogen-bond acceptors (Lipinski definition) is 3. The van der Waals surface area contributed by atoms with E-state index < -0.39 is 17.5 Å². The number of carbonyl (C=O) groups is 2. The lowest BCUT2D eigenvalue weighted by molar-refractivity contribution is -0.114. The fourth-order valence-electron chi connectivity index (χ4n) is 1.90. The van der Waals surface area contributed by atoms with Gasteiger partial charge in [-0.1, -0.05) is 12.1 Å². The Labute approximate surface area is 126 Å². The van der Waals surface area contributed by atoms with Gasteiger partial charge in [-0.25, -0.2) is 8.78 Å². The normalized spacial score (nSPS) is 10.1. The molecule has 114 valence electrons. The van der Waals surface area contributed by atoms with Gasteiger partial charge >= 0.3 is 0 Å². The van der Waals surface area contributed by atoms with Crippen molar-refractivity contribution in [3.63, 3.8) is 0 Å². The number of nitrogens with one attached hydrogen (secondary N) is 2. The highest BCUT2D eigenvalue weighted by Crippen LogP contribution is 2.16. The third-order valence-corrected chi connectivity index (χ3v) is 2.95. The molecule has 0 aliphatic rings. The zero-order valence-corrected chi connectivity index (χ0v) is 11.8. The molecular formula is C16H14F2N2O2. The molecule has 0 heterocycles. The van der Waals surface area contributed by atoms with E-state index in [0.717, 1.165) is 12.1 Å². The summed E-state index contributed by atoms with van der Waals surface area (Å²) in [5.41, 5.74) is 1.17. The fraction of sp³-hybridized carbons (Fsp3) is 0.125. The second-order valence-electron chi connectivity index (χ2n) is 4.63. The van der Waals surface area contributed by atoms with Crippen LogP contribution in [0.4, 0.5) is 20.2 Å². The molecule has 0 atom stereocenters. The first kappa shape index (κ1) is 15.6. The van der Waals surface area contributed by atoms with Gasteiger partial charge in [-0.05, 0) is 31.2 Å². The van der Waals surface area contributed by atoms with Crippen LogP contribution in [0.3, 0.4) is 0 Å². The summed E-state index contributed by atoms with van der Waals surface area (Å²) in [4.78, 5) is 23.2. The SMILES string of the molecule is CC(=O)c1ccccc1NCC(=O)Nc1ccc(F)c(F)c1. The van der Waals surface area contributed by atoms with E-state index in [-0.39, 0.29) is 18.0 Å². The van der Waals surface area contributed by atoms with Crippen LogP contribution in [0.5, 0.6) is 0 Å². The zero-order valence-electron chi connectivity index (χ0n) is 11.8. The van der Waals surface area contributed by atoms with Crippen molar-refractivity contribution in [1.29, 1.82) is 0 Å². The Morgan fingerprint density at radius 2 is 1.77 bits per heavy atom. The maximum absolute atomic E-state index is 13.0. The number of Topliss-reactive ketones (excluding diaryl/α,β-unsaturated/α-hetero) is 1. The number of benzene rings is 2. The molecule has 0 unspecified atom stereocenters. The van der Waals surface area contributed by atoms with Gasteiger partial charge in [0.2, 0.25) is 5.91 Å². The van der Waals surface area contributed by atoms with Crippen LogP contribution in [-0.2, 0) is 4.79 Å². The smallest absolute Gasteiger partial charge is 0.243 e. The molecule has 0 spiro atoms. The predicted molar refractivity (Wildman–Crippen MR) is 79.9 cm³/mol. The summed E-state index contributed by atoms with van der Waals surface area (Å²) in [6, 6.07) is 9.89. The van der Waals surface area contributed by atoms with E-state index >= 15 is 0 Å². The van der Waals surface area contributed by atoms with Gasteiger partial charge < -0.3 is 10.6 Å². The highest BCUT2D eigenvalue weighted by molar-refractivity contribution is 6.00. The Kier molecular flexibility index (Phi) is 4.83. The van der Waals surface area contributed by atoms with Crippen LogP contribution in [0.25, 0.3) is 0 Å². The largest absolute Gasteiger partial charge is 0.376 e. The van der Waals surface area contributed by atoms with Crippen molar-refractivity contribution in [2.45, 2.75) is 6.92 Å². The molecule has 6 heteroatoms. The van der Waals surface area contributed by atoms with Crippen molar-refractivity contribution in [3.8, 4) is 0 Å². The molecular weight excluding hydrogens is 290 g/mol. The minimum atomic E-state index is -1.03. The van der Waals surface area contributed by atoms with E-state index in [2.05, 4.69) is 10.6 Å². The van der Waals surface area contributed by atoms with Crippen molar-refractivity contribution in [3.05, 3.63) is 59.7 Å². The molecule has 0 radical (unpaired) electrons. The summed E-state index contributed by atoms with van der Waals surface area (Å²) >= 11 is 0. The van der Waals surface area contributed by atoms with E-state index in [1.165, 1.54) is 13.0 Å². The summed E-state index contributed by atoms with van der Waals surface area (Å²) in [5, 5.41) is 5.28. The molecule has 1 amide bonds. The highest BCUT2D eigenvalue weighted by Gasteiger charge is 2.09. The van der Waals surface area contributed by atoms with Crippen molar-refractivity contribution in [2.75, 3.05) is 17.2 Å². The van der Waals surface area contributed by atoms with E-state index in [1.807, 2.05) is 0 Å². The summed E-state index contributed by atoms with van der Waals surface area (Å²) in [6.07, 6.45) is 0. The lowest BCUT2D eigenvalue weighted by atomic mass is 10.1. The Hall–Kier alpha value is -2.76. The van der Waals surface area contributed by atoms with Crippen molar-refractivity contribution in [2.24, 2.45) is 0 Å². The van der Waals surface area contributed by atoms with Gasteiger partial charge in [0.25, 0.3) is 0 Å². The lowest BCUT2D eigenvalue weighted by Crippen LogP contribution is -2.22. The van der Waals surface area contributed by atoms with Gasteiger partial charge in [-0.15, -0.1) is 0 Å². The predicted octanol–water partition coefficient (Wildman–Crippen LogP) is 3.22. The molecule has 2 aromatic carbocycles.